The fraction of sp³-hybridized carbons (Fsp3) is 0.889. The molecule has 2 N–H and O–H groups in total. The molecular weight excluding hydrogens is 154 g/mol. The third kappa shape index (κ3) is 6.16. The number of hydroxylamine groups is 1. The number of rotatable bonds is 2. The van der Waals surface area contributed by atoms with E-state index in [1.165, 1.54) is 6.42 Å². The Bertz CT molecular complexity index is 122. The monoisotopic (exact) mass is 175 g/mol. The van der Waals surface area contributed by atoms with Crippen molar-refractivity contribution in [3.8, 4) is 0 Å². The van der Waals surface area contributed by atoms with E-state index in [1.807, 2.05) is 6.92 Å². The van der Waals surface area contributed by atoms with Gasteiger partial charge in [-0.25, -0.2) is 5.48 Å². The Balaban J connectivity index is 0. The van der Waals surface area contributed by atoms with Crippen molar-refractivity contribution in [2.24, 2.45) is 5.41 Å². The molecule has 0 heterocycles. The maximum absolute atomic E-state index is 10.7. The number of hydrogen-bond donors (Lipinski definition) is 2. The molecule has 0 aliphatic heterocycles. The zero-order chi connectivity index (χ0) is 10.2. The molecule has 74 valence electrons. The Labute approximate surface area is 75.1 Å². The second-order valence-corrected chi connectivity index (χ2v) is 3.39. The minimum atomic E-state index is -0.450. The van der Waals surface area contributed by atoms with Crippen molar-refractivity contribution >= 4 is 5.91 Å². The van der Waals surface area contributed by atoms with Crippen LogP contribution in [0.5, 0.6) is 0 Å². The summed E-state index contributed by atoms with van der Waals surface area (Å²) < 4.78 is 0. The van der Waals surface area contributed by atoms with Crippen LogP contribution in [0, 0.1) is 5.41 Å². The Morgan fingerprint density at radius 1 is 1.33 bits per heavy atom. The normalized spacial score (nSPS) is 9.83. The van der Waals surface area contributed by atoms with E-state index >= 15 is 0 Å². The smallest absolute Gasteiger partial charge is 0.248 e. The number of carbonyl (C=O) groups excluding carboxylic acids is 1. The Morgan fingerprint density at radius 2 is 1.67 bits per heavy atom. The summed E-state index contributed by atoms with van der Waals surface area (Å²) in [6.07, 6.45) is 1.97. The molecule has 12 heavy (non-hydrogen) atoms. The zero-order valence-electron chi connectivity index (χ0n) is 8.77. The van der Waals surface area contributed by atoms with Crippen LogP contribution < -0.4 is 5.48 Å². The predicted molar refractivity (Wildman–Crippen MR) is 50.0 cm³/mol. The SMILES string of the molecule is CCC.CCC(C)(C)C(=O)NO. The lowest BCUT2D eigenvalue weighted by Gasteiger charge is -2.18. The summed E-state index contributed by atoms with van der Waals surface area (Å²) in [5.41, 5.74) is 1.17. The van der Waals surface area contributed by atoms with Gasteiger partial charge in [-0.2, -0.15) is 0 Å². The molecule has 0 saturated heterocycles. The summed E-state index contributed by atoms with van der Waals surface area (Å²) in [5.74, 6) is -0.329. The largest absolute Gasteiger partial charge is 0.289 e. The standard InChI is InChI=1S/C6H13NO2.C3H8/c1-4-6(2,3)5(8)7-9;1-3-2/h9H,4H2,1-3H3,(H,7,8);3H2,1-2H3. The van der Waals surface area contributed by atoms with Crippen LogP contribution in [0.3, 0.4) is 0 Å². The first kappa shape index (κ1) is 14.0. The summed E-state index contributed by atoms with van der Waals surface area (Å²) in [6, 6.07) is 0. The van der Waals surface area contributed by atoms with Crippen molar-refractivity contribution in [3.63, 3.8) is 0 Å². The van der Waals surface area contributed by atoms with Crippen molar-refractivity contribution in [3.05, 3.63) is 0 Å². The summed E-state index contributed by atoms with van der Waals surface area (Å²) in [7, 11) is 0. The molecule has 0 radical (unpaired) electrons. The molecule has 1 amide bonds. The number of hydrogen-bond acceptors (Lipinski definition) is 2. The van der Waals surface area contributed by atoms with Crippen LogP contribution >= 0.6 is 0 Å². The van der Waals surface area contributed by atoms with Gasteiger partial charge in [-0.1, -0.05) is 41.0 Å². The molecule has 0 saturated carbocycles. The fourth-order valence-electron chi connectivity index (χ4n) is 0.312. The number of carbonyl (C=O) groups is 1. The van der Waals surface area contributed by atoms with Gasteiger partial charge in [0, 0.05) is 5.41 Å². The highest BCUT2D eigenvalue weighted by Crippen LogP contribution is 2.18. The van der Waals surface area contributed by atoms with Gasteiger partial charge in [0.2, 0.25) is 5.91 Å². The van der Waals surface area contributed by atoms with E-state index in [-0.39, 0.29) is 5.91 Å². The van der Waals surface area contributed by atoms with E-state index in [2.05, 4.69) is 13.8 Å². The molecule has 3 nitrogen and oxygen atoms in total. The lowest BCUT2D eigenvalue weighted by molar-refractivity contribution is -0.138. The predicted octanol–water partition coefficient (Wildman–Crippen LogP) is 2.34. The molecular formula is C9H21NO2. The third-order valence-electron chi connectivity index (χ3n) is 1.60. The van der Waals surface area contributed by atoms with Crippen molar-refractivity contribution in [2.45, 2.75) is 47.5 Å². The summed E-state index contributed by atoms with van der Waals surface area (Å²) in [5, 5.41) is 8.20. The van der Waals surface area contributed by atoms with Gasteiger partial charge in [0.15, 0.2) is 0 Å². The number of amides is 1. The Morgan fingerprint density at radius 3 is 1.75 bits per heavy atom. The Kier molecular flexibility index (Phi) is 8.27. The van der Waals surface area contributed by atoms with Gasteiger partial charge in [-0.3, -0.25) is 10.0 Å². The van der Waals surface area contributed by atoms with Crippen molar-refractivity contribution in [1.29, 1.82) is 0 Å². The van der Waals surface area contributed by atoms with Gasteiger partial charge in [0.1, 0.15) is 0 Å². The van der Waals surface area contributed by atoms with Crippen molar-refractivity contribution in [1.82, 2.24) is 5.48 Å². The average molecular weight is 175 g/mol. The molecule has 0 aromatic heterocycles. The molecule has 0 aliphatic carbocycles. The van der Waals surface area contributed by atoms with Gasteiger partial charge in [0.25, 0.3) is 0 Å². The van der Waals surface area contributed by atoms with E-state index < -0.39 is 5.41 Å². The topological polar surface area (TPSA) is 49.3 Å². The van der Waals surface area contributed by atoms with E-state index in [9.17, 15) is 4.79 Å². The molecule has 0 unspecified atom stereocenters. The van der Waals surface area contributed by atoms with Crippen LogP contribution in [0.2, 0.25) is 0 Å². The maximum atomic E-state index is 10.7. The van der Waals surface area contributed by atoms with Crippen LogP contribution in [0.1, 0.15) is 47.5 Å². The fourth-order valence-corrected chi connectivity index (χ4v) is 0.312. The lowest BCUT2D eigenvalue weighted by Crippen LogP contribution is -2.34. The first-order valence-corrected chi connectivity index (χ1v) is 4.40. The third-order valence-corrected chi connectivity index (χ3v) is 1.60. The molecule has 0 aromatic carbocycles. The molecule has 0 aromatic rings. The highest BCUT2D eigenvalue weighted by Gasteiger charge is 2.24. The molecule has 0 fully saturated rings. The van der Waals surface area contributed by atoms with Crippen LogP contribution in [0.25, 0.3) is 0 Å². The number of nitrogens with one attached hydrogen (secondary N) is 1. The molecule has 0 aliphatic rings. The average Bonchev–Trinajstić information content (AvgIpc) is 2.04. The van der Waals surface area contributed by atoms with E-state index in [0.29, 0.717) is 0 Å². The molecule has 0 bridgehead atoms. The second-order valence-electron chi connectivity index (χ2n) is 3.39. The molecule has 0 atom stereocenters. The molecule has 3 heteroatoms. The van der Waals surface area contributed by atoms with Crippen LogP contribution in [0.15, 0.2) is 0 Å². The van der Waals surface area contributed by atoms with Crippen molar-refractivity contribution < 1.29 is 10.0 Å². The van der Waals surface area contributed by atoms with E-state index in [0.717, 1.165) is 6.42 Å². The highest BCUT2D eigenvalue weighted by atomic mass is 16.5. The maximum Gasteiger partial charge on any atom is 0.248 e. The minimum absolute atomic E-state index is 0.329. The van der Waals surface area contributed by atoms with Gasteiger partial charge >= 0.3 is 0 Å². The van der Waals surface area contributed by atoms with E-state index in [1.54, 1.807) is 19.3 Å². The van der Waals surface area contributed by atoms with Gasteiger partial charge in [-0.15, -0.1) is 0 Å². The van der Waals surface area contributed by atoms with Gasteiger partial charge < -0.3 is 0 Å². The van der Waals surface area contributed by atoms with Gasteiger partial charge in [0.05, 0.1) is 0 Å². The van der Waals surface area contributed by atoms with Crippen LogP contribution in [-0.2, 0) is 4.79 Å². The minimum Gasteiger partial charge on any atom is -0.289 e. The zero-order valence-corrected chi connectivity index (χ0v) is 8.77. The summed E-state index contributed by atoms with van der Waals surface area (Å²) in [6.45, 7) is 9.70. The first-order valence-electron chi connectivity index (χ1n) is 4.40. The lowest BCUT2D eigenvalue weighted by atomic mass is 9.90. The molecule has 0 spiro atoms. The van der Waals surface area contributed by atoms with Crippen LogP contribution in [-0.4, -0.2) is 11.1 Å². The summed E-state index contributed by atoms with van der Waals surface area (Å²) in [4.78, 5) is 10.7. The van der Waals surface area contributed by atoms with Crippen LogP contribution in [0.4, 0.5) is 0 Å². The quantitative estimate of drug-likeness (QED) is 0.500. The second kappa shape index (κ2) is 7.10. The summed E-state index contributed by atoms with van der Waals surface area (Å²) >= 11 is 0. The first-order chi connectivity index (χ1) is 5.46. The van der Waals surface area contributed by atoms with Gasteiger partial charge in [-0.05, 0) is 6.42 Å². The van der Waals surface area contributed by atoms with E-state index in [4.69, 9.17) is 5.21 Å². The van der Waals surface area contributed by atoms with Crippen molar-refractivity contribution in [2.75, 3.05) is 0 Å². The highest BCUT2D eigenvalue weighted by molar-refractivity contribution is 5.80. The Hall–Kier alpha value is -0.570. The molecule has 0 rings (SSSR count).